The summed E-state index contributed by atoms with van der Waals surface area (Å²) in [7, 11) is 0. The Bertz CT molecular complexity index is 205. The third kappa shape index (κ3) is 1.06. The van der Waals surface area contributed by atoms with Crippen molar-refractivity contribution in [2.45, 2.75) is 17.7 Å². The summed E-state index contributed by atoms with van der Waals surface area (Å²) in [5.74, 6) is 1.29. The van der Waals surface area contributed by atoms with E-state index in [2.05, 4.69) is 18.2 Å². The third-order valence-corrected chi connectivity index (χ3v) is 2.96. The van der Waals surface area contributed by atoms with Crippen molar-refractivity contribution in [3.05, 3.63) is 29.8 Å². The molecule has 0 amide bonds. The third-order valence-electron chi connectivity index (χ3n) is 1.75. The predicted molar refractivity (Wildman–Crippen MR) is 44.3 cm³/mol. The number of fused-ring (bicyclic) bond motifs is 1. The first-order valence-electron chi connectivity index (χ1n) is 3.58. The lowest BCUT2D eigenvalue weighted by Crippen LogP contribution is -1.96. The van der Waals surface area contributed by atoms with Gasteiger partial charge in [0.05, 0.1) is 0 Å². The minimum absolute atomic E-state index is 1.25. The molecule has 1 aromatic carbocycles. The molecule has 0 spiro atoms. The average Bonchev–Trinajstić information content (AvgIpc) is 2.05. The minimum Gasteiger partial charge on any atom is -0.126 e. The van der Waals surface area contributed by atoms with Crippen molar-refractivity contribution in [2.75, 3.05) is 5.75 Å². The lowest BCUT2D eigenvalue weighted by Gasteiger charge is -2.13. The highest BCUT2D eigenvalue weighted by atomic mass is 32.2. The Morgan fingerprint density at radius 3 is 3.40 bits per heavy atom. The van der Waals surface area contributed by atoms with Gasteiger partial charge in [-0.3, -0.25) is 0 Å². The fourth-order valence-corrected chi connectivity index (χ4v) is 2.25. The molecule has 1 heteroatoms. The van der Waals surface area contributed by atoms with Crippen LogP contribution in [0.25, 0.3) is 0 Å². The smallest absolute Gasteiger partial charge is 0.0104 e. The van der Waals surface area contributed by atoms with E-state index in [-0.39, 0.29) is 0 Å². The molecule has 1 aliphatic rings. The monoisotopic (exact) mass is 149 g/mol. The molecule has 0 bridgehead atoms. The maximum atomic E-state index is 3.11. The first-order chi connectivity index (χ1) is 4.97. The summed E-state index contributed by atoms with van der Waals surface area (Å²) in [4.78, 5) is 1.46. The van der Waals surface area contributed by atoms with Crippen LogP contribution < -0.4 is 0 Å². The Kier molecular flexibility index (Phi) is 1.68. The molecule has 1 aliphatic heterocycles. The van der Waals surface area contributed by atoms with E-state index < -0.39 is 0 Å². The van der Waals surface area contributed by atoms with Gasteiger partial charge in [0, 0.05) is 4.90 Å². The topological polar surface area (TPSA) is 0 Å². The zero-order valence-electron chi connectivity index (χ0n) is 5.76. The molecular weight excluding hydrogens is 140 g/mol. The Balaban J connectivity index is 2.41. The molecule has 0 nitrogen and oxygen atoms in total. The lowest BCUT2D eigenvalue weighted by molar-refractivity contribution is 0.889. The lowest BCUT2D eigenvalue weighted by atomic mass is 10.1. The van der Waals surface area contributed by atoms with Gasteiger partial charge in [0.2, 0.25) is 0 Å². The standard InChI is InChI=1S/C9H9S/c1-2-6-9-8(4-1)5-3-7-10-9/h2,4,6H,3,5,7H2. The fourth-order valence-electron chi connectivity index (χ4n) is 1.23. The minimum atomic E-state index is 1.25. The van der Waals surface area contributed by atoms with Crippen LogP contribution in [-0.4, -0.2) is 5.75 Å². The quantitative estimate of drug-likeness (QED) is 0.546. The highest BCUT2D eigenvalue weighted by Crippen LogP contribution is 2.28. The van der Waals surface area contributed by atoms with E-state index in [0.717, 1.165) is 0 Å². The van der Waals surface area contributed by atoms with Crippen molar-refractivity contribution < 1.29 is 0 Å². The molecule has 0 fully saturated rings. The van der Waals surface area contributed by atoms with Crippen LogP contribution in [0.15, 0.2) is 23.1 Å². The van der Waals surface area contributed by atoms with Gasteiger partial charge in [-0.25, -0.2) is 0 Å². The van der Waals surface area contributed by atoms with Crippen molar-refractivity contribution in [1.29, 1.82) is 0 Å². The van der Waals surface area contributed by atoms with Crippen molar-refractivity contribution in [1.82, 2.24) is 0 Å². The number of thioether (sulfide) groups is 1. The number of benzene rings is 1. The molecule has 1 heterocycles. The van der Waals surface area contributed by atoms with Crippen LogP contribution in [-0.2, 0) is 6.42 Å². The first kappa shape index (κ1) is 6.29. The fraction of sp³-hybridized carbons (Fsp3) is 0.333. The summed E-state index contributed by atoms with van der Waals surface area (Å²) < 4.78 is 0. The van der Waals surface area contributed by atoms with Crippen LogP contribution in [0.1, 0.15) is 12.0 Å². The van der Waals surface area contributed by atoms with Gasteiger partial charge < -0.3 is 0 Å². The summed E-state index contributed by atoms with van der Waals surface area (Å²) >= 11 is 1.97. The van der Waals surface area contributed by atoms with Crippen molar-refractivity contribution in [3.8, 4) is 0 Å². The van der Waals surface area contributed by atoms with E-state index in [1.165, 1.54) is 29.1 Å². The molecule has 0 atom stereocenters. The van der Waals surface area contributed by atoms with Crippen molar-refractivity contribution >= 4 is 11.8 Å². The molecule has 51 valence electrons. The molecule has 10 heavy (non-hydrogen) atoms. The van der Waals surface area contributed by atoms with Gasteiger partial charge in [0.1, 0.15) is 0 Å². The van der Waals surface area contributed by atoms with Crippen LogP contribution in [0.4, 0.5) is 0 Å². The molecule has 0 saturated carbocycles. The summed E-state index contributed by atoms with van der Waals surface area (Å²) in [6.07, 6.45) is 2.58. The molecular formula is C9H9S. The van der Waals surface area contributed by atoms with Gasteiger partial charge in [0.25, 0.3) is 0 Å². The van der Waals surface area contributed by atoms with E-state index in [4.69, 9.17) is 0 Å². The van der Waals surface area contributed by atoms with Gasteiger partial charge in [0.15, 0.2) is 0 Å². The highest BCUT2D eigenvalue weighted by molar-refractivity contribution is 7.99. The molecule has 1 aromatic rings. The maximum absolute atomic E-state index is 3.11. The van der Waals surface area contributed by atoms with Crippen molar-refractivity contribution in [2.24, 2.45) is 0 Å². The van der Waals surface area contributed by atoms with Crippen LogP contribution >= 0.6 is 11.8 Å². The number of hydrogen-bond acceptors (Lipinski definition) is 1. The largest absolute Gasteiger partial charge is 0.126 e. The van der Waals surface area contributed by atoms with Gasteiger partial charge in [-0.15, -0.1) is 11.8 Å². The Labute approximate surface area is 65.6 Å². The van der Waals surface area contributed by atoms with E-state index in [9.17, 15) is 0 Å². The molecule has 0 aromatic heterocycles. The summed E-state index contributed by atoms with van der Waals surface area (Å²) in [5.41, 5.74) is 1.48. The molecule has 0 N–H and O–H groups in total. The van der Waals surface area contributed by atoms with E-state index in [1.807, 2.05) is 17.8 Å². The van der Waals surface area contributed by atoms with Gasteiger partial charge in [-0.1, -0.05) is 12.1 Å². The van der Waals surface area contributed by atoms with E-state index in [0.29, 0.717) is 0 Å². The first-order valence-corrected chi connectivity index (χ1v) is 4.57. The highest BCUT2D eigenvalue weighted by Gasteiger charge is 2.06. The second kappa shape index (κ2) is 2.67. The normalized spacial score (nSPS) is 16.4. The number of rotatable bonds is 0. The van der Waals surface area contributed by atoms with E-state index in [1.54, 1.807) is 0 Å². The summed E-state index contributed by atoms with van der Waals surface area (Å²) in [6, 6.07) is 9.38. The molecule has 0 aliphatic carbocycles. The number of hydrogen-bond donors (Lipinski definition) is 0. The van der Waals surface area contributed by atoms with Crippen LogP contribution in [0.2, 0.25) is 0 Å². The zero-order valence-corrected chi connectivity index (χ0v) is 6.58. The van der Waals surface area contributed by atoms with Gasteiger partial charge in [-0.05, 0) is 36.3 Å². The van der Waals surface area contributed by atoms with Crippen LogP contribution in [0.3, 0.4) is 0 Å². The summed E-state index contributed by atoms with van der Waals surface area (Å²) in [6.45, 7) is 0. The Hall–Kier alpha value is -0.430. The van der Waals surface area contributed by atoms with Crippen LogP contribution in [0.5, 0.6) is 0 Å². The number of aryl methyl sites for hydroxylation is 1. The van der Waals surface area contributed by atoms with E-state index >= 15 is 0 Å². The maximum Gasteiger partial charge on any atom is 0.0104 e. The second-order valence-electron chi connectivity index (χ2n) is 2.49. The Morgan fingerprint density at radius 2 is 2.50 bits per heavy atom. The predicted octanol–water partition coefficient (Wildman–Crippen LogP) is 2.53. The second-order valence-corrected chi connectivity index (χ2v) is 3.62. The van der Waals surface area contributed by atoms with Gasteiger partial charge >= 0.3 is 0 Å². The van der Waals surface area contributed by atoms with Gasteiger partial charge in [-0.2, -0.15) is 0 Å². The molecule has 0 unspecified atom stereocenters. The summed E-state index contributed by atoms with van der Waals surface area (Å²) in [5, 5.41) is 0. The average molecular weight is 149 g/mol. The van der Waals surface area contributed by atoms with Crippen molar-refractivity contribution in [3.63, 3.8) is 0 Å². The SMILES string of the molecule is [c]1ccc2c(c1)CCCS2. The molecule has 0 saturated heterocycles. The molecule has 2 rings (SSSR count). The van der Waals surface area contributed by atoms with Crippen LogP contribution in [0, 0.1) is 6.07 Å². The molecule has 1 radical (unpaired) electrons. The zero-order chi connectivity index (χ0) is 6.81. The Morgan fingerprint density at radius 1 is 1.50 bits per heavy atom.